The van der Waals surface area contributed by atoms with Crippen LogP contribution in [-0.2, 0) is 27.9 Å². The summed E-state index contributed by atoms with van der Waals surface area (Å²) >= 11 is 0. The van der Waals surface area contributed by atoms with Crippen LogP contribution >= 0.6 is 7.82 Å². The summed E-state index contributed by atoms with van der Waals surface area (Å²) in [6.45, 7) is 6.81. The third kappa shape index (κ3) is 67.4. The molecule has 0 bridgehead atoms. The monoisotopic (exact) mass is 1240 g/mol. The van der Waals surface area contributed by atoms with E-state index in [1.54, 1.807) is 0 Å². The van der Waals surface area contributed by atoms with Gasteiger partial charge in [0, 0.05) is 12.8 Å². The quantitative estimate of drug-likeness (QED) is 0.0212. The molecule has 0 radical (unpaired) electrons. The van der Waals surface area contributed by atoms with Gasteiger partial charge in [0.1, 0.15) is 19.3 Å². The van der Waals surface area contributed by atoms with Gasteiger partial charge in [0.2, 0.25) is 5.91 Å². The lowest BCUT2D eigenvalue weighted by molar-refractivity contribution is -0.870. The molecule has 3 atom stereocenters. The fraction of sp³-hybridized carbons (Fsp3) is 0.792. The first-order valence-electron chi connectivity index (χ1n) is 36.9. The van der Waals surface area contributed by atoms with Crippen LogP contribution in [0.5, 0.6) is 0 Å². The van der Waals surface area contributed by atoms with Gasteiger partial charge in [-0.1, -0.05) is 305 Å². The smallest absolute Gasteiger partial charge is 0.306 e. The number of nitrogens with zero attached hydrogens (tertiary/aromatic N) is 1. The van der Waals surface area contributed by atoms with Gasteiger partial charge in [0.05, 0.1) is 33.8 Å². The molecular weight excluding hydrogens is 1100 g/mol. The Morgan fingerprint density at radius 1 is 0.402 bits per heavy atom. The number of hydrogen-bond donors (Lipinski definition) is 1. The third-order valence-corrected chi connectivity index (χ3v) is 17.3. The van der Waals surface area contributed by atoms with Crippen LogP contribution in [0.25, 0.3) is 0 Å². The van der Waals surface area contributed by atoms with Crippen molar-refractivity contribution in [3.05, 3.63) is 85.1 Å². The van der Waals surface area contributed by atoms with E-state index in [2.05, 4.69) is 99.0 Å². The van der Waals surface area contributed by atoms with Crippen molar-refractivity contribution >= 4 is 19.7 Å². The van der Waals surface area contributed by atoms with Gasteiger partial charge >= 0.3 is 5.97 Å². The van der Waals surface area contributed by atoms with Crippen LogP contribution in [0, 0.1) is 0 Å². The minimum atomic E-state index is -4.71. The van der Waals surface area contributed by atoms with Crippen LogP contribution in [0.1, 0.15) is 342 Å². The van der Waals surface area contributed by atoms with Crippen LogP contribution in [0.15, 0.2) is 85.1 Å². The lowest BCUT2D eigenvalue weighted by atomic mass is 10.0. The van der Waals surface area contributed by atoms with Crippen molar-refractivity contribution < 1.29 is 37.3 Å². The summed E-state index contributed by atoms with van der Waals surface area (Å²) in [6, 6.07) is -0.896. The van der Waals surface area contributed by atoms with Crippen LogP contribution in [0.3, 0.4) is 0 Å². The molecule has 87 heavy (non-hydrogen) atoms. The number of likely N-dealkylation sites (N-methyl/N-ethyl adjacent to an activating group) is 1. The molecule has 0 saturated carbocycles. The first kappa shape index (κ1) is 84.2. The van der Waals surface area contributed by atoms with E-state index in [1.165, 1.54) is 212 Å². The number of rotatable bonds is 67. The lowest BCUT2D eigenvalue weighted by Gasteiger charge is -2.30. The molecule has 9 nitrogen and oxygen atoms in total. The molecule has 0 aromatic carbocycles. The first-order valence-corrected chi connectivity index (χ1v) is 38.4. The summed E-state index contributed by atoms with van der Waals surface area (Å²) in [7, 11) is 1.18. The Kier molecular flexibility index (Phi) is 64.0. The topological polar surface area (TPSA) is 114 Å². The zero-order valence-corrected chi connectivity index (χ0v) is 58.9. The number of allylic oxidation sites excluding steroid dienone is 13. The van der Waals surface area contributed by atoms with E-state index in [-0.39, 0.29) is 24.9 Å². The summed E-state index contributed by atoms with van der Waals surface area (Å²) in [6.07, 6.45) is 88.5. The molecule has 0 spiro atoms. The van der Waals surface area contributed by atoms with Crippen LogP contribution in [-0.4, -0.2) is 69.4 Å². The standard InChI is InChI=1S/C77H141N2O7P/c1-7-10-13-16-19-22-25-27-29-31-33-35-37-39-41-43-45-47-49-51-54-57-60-63-66-69-76(80)78-74(73-85-87(82,83)84-72-71-79(4,5)6)75(68-65-62-59-56-53-24-21-18-15-12-9-3)86-77(81)70-67-64-61-58-55-52-50-48-46-44-42-40-38-36-34-32-30-28-26-23-20-17-14-11-8-2/h19-20,22-23,27-30,33,35,39,41,65,68,74-75H,7-18,21,24-26,31-32,34,36-38,40,42-64,66-67,69-73H2,1-6H3,(H-,78,80,82,83)/b22-19-,23-20-,29-27-,30-28-,35-33-,41-39-,68-65+. The Bertz CT molecular complexity index is 1760. The van der Waals surface area contributed by atoms with Gasteiger partial charge in [-0.15, -0.1) is 0 Å². The number of carbonyl (C=O) groups excluding carboxylic acids is 2. The average molecular weight is 1240 g/mol. The van der Waals surface area contributed by atoms with Crippen LogP contribution in [0.4, 0.5) is 0 Å². The Morgan fingerprint density at radius 3 is 1.07 bits per heavy atom. The maximum Gasteiger partial charge on any atom is 0.306 e. The van der Waals surface area contributed by atoms with Crippen molar-refractivity contribution in [2.24, 2.45) is 0 Å². The summed E-state index contributed by atoms with van der Waals surface area (Å²) in [5.41, 5.74) is 0. The van der Waals surface area contributed by atoms with Crippen molar-refractivity contribution in [3.63, 3.8) is 0 Å². The van der Waals surface area contributed by atoms with E-state index in [9.17, 15) is 19.0 Å². The van der Waals surface area contributed by atoms with E-state index < -0.39 is 26.6 Å². The number of esters is 1. The highest BCUT2D eigenvalue weighted by atomic mass is 31.2. The fourth-order valence-corrected chi connectivity index (χ4v) is 11.3. The SMILES string of the molecule is CCCCC/C=C\C/C=C\C/C=C\C/C=C\CCCCCCCCCCCC(=O)NC(COP(=O)([O-])OCC[N+](C)(C)C)C(/C=C/CCCCCCCCCCC)OC(=O)CCCCCCCCCCCCCCCCC/C=C\C/C=C\CCCCC. The van der Waals surface area contributed by atoms with Gasteiger partial charge in [-0.25, -0.2) is 0 Å². The highest BCUT2D eigenvalue weighted by Crippen LogP contribution is 2.38. The van der Waals surface area contributed by atoms with E-state index in [4.69, 9.17) is 13.8 Å². The van der Waals surface area contributed by atoms with Crippen LogP contribution in [0.2, 0.25) is 0 Å². The molecule has 10 heteroatoms. The van der Waals surface area contributed by atoms with Gasteiger partial charge in [-0.3, -0.25) is 14.2 Å². The predicted molar refractivity (Wildman–Crippen MR) is 376 cm³/mol. The summed E-state index contributed by atoms with van der Waals surface area (Å²) in [5, 5.41) is 3.04. The van der Waals surface area contributed by atoms with Gasteiger partial charge in [0.15, 0.2) is 0 Å². The highest BCUT2D eigenvalue weighted by Gasteiger charge is 2.27. The fourth-order valence-electron chi connectivity index (χ4n) is 10.6. The van der Waals surface area contributed by atoms with Gasteiger partial charge < -0.3 is 28.5 Å². The van der Waals surface area contributed by atoms with Crippen LogP contribution < -0.4 is 10.2 Å². The number of unbranched alkanes of at least 4 members (excludes halogenated alkanes) is 39. The number of phosphoric ester groups is 1. The minimum absolute atomic E-state index is 0.0255. The molecule has 0 saturated heterocycles. The van der Waals surface area contributed by atoms with Crippen molar-refractivity contribution in [1.29, 1.82) is 0 Å². The first-order chi connectivity index (χ1) is 42.4. The van der Waals surface area contributed by atoms with E-state index in [1.807, 2.05) is 33.3 Å². The largest absolute Gasteiger partial charge is 0.756 e. The van der Waals surface area contributed by atoms with Gasteiger partial charge in [0.25, 0.3) is 7.82 Å². The molecule has 0 aromatic heterocycles. The molecule has 1 amide bonds. The van der Waals surface area contributed by atoms with Crippen molar-refractivity contribution in [3.8, 4) is 0 Å². The van der Waals surface area contributed by atoms with Crippen molar-refractivity contribution in [1.82, 2.24) is 5.32 Å². The second kappa shape index (κ2) is 66.1. The number of nitrogens with one attached hydrogen (secondary N) is 1. The predicted octanol–water partition coefficient (Wildman–Crippen LogP) is 23.0. The Hall–Kier alpha value is -2.81. The molecule has 506 valence electrons. The average Bonchev–Trinajstić information content (AvgIpc) is 3.70. The summed E-state index contributed by atoms with van der Waals surface area (Å²) in [4.78, 5) is 40.2. The van der Waals surface area contributed by atoms with E-state index in [0.29, 0.717) is 17.4 Å². The normalized spacial score (nSPS) is 14.0. The molecule has 0 rings (SSSR count). The van der Waals surface area contributed by atoms with Crippen molar-refractivity contribution in [2.75, 3.05) is 40.9 Å². The molecule has 0 heterocycles. The number of carbonyl (C=O) groups is 2. The zero-order valence-electron chi connectivity index (χ0n) is 58.0. The number of amides is 1. The number of quaternary nitrogens is 1. The molecule has 0 aliphatic heterocycles. The van der Waals surface area contributed by atoms with Crippen molar-refractivity contribution in [2.45, 2.75) is 354 Å². The number of phosphoric acid groups is 1. The molecule has 0 aromatic rings. The number of ether oxygens (including phenoxy) is 1. The Morgan fingerprint density at radius 2 is 0.701 bits per heavy atom. The molecule has 3 unspecified atom stereocenters. The molecule has 0 fully saturated rings. The molecule has 0 aliphatic carbocycles. The maximum atomic E-state index is 13.6. The lowest BCUT2D eigenvalue weighted by Crippen LogP contribution is -2.47. The second-order valence-corrected chi connectivity index (χ2v) is 27.5. The second-order valence-electron chi connectivity index (χ2n) is 26.1. The Balaban J connectivity index is 4.99. The molecule has 0 aliphatic rings. The van der Waals surface area contributed by atoms with E-state index in [0.717, 1.165) is 96.3 Å². The maximum absolute atomic E-state index is 13.6. The summed E-state index contributed by atoms with van der Waals surface area (Å²) < 4.78 is 30.5. The van der Waals surface area contributed by atoms with Gasteiger partial charge in [-0.05, 0) is 109 Å². The number of hydrogen-bond acceptors (Lipinski definition) is 7. The summed E-state index contributed by atoms with van der Waals surface area (Å²) in [5.74, 6) is -0.540. The van der Waals surface area contributed by atoms with Gasteiger partial charge in [-0.2, -0.15) is 0 Å². The zero-order chi connectivity index (χ0) is 63.5. The third-order valence-electron chi connectivity index (χ3n) is 16.3. The highest BCUT2D eigenvalue weighted by molar-refractivity contribution is 7.45. The van der Waals surface area contributed by atoms with E-state index >= 15 is 0 Å². The molecular formula is C77H141N2O7P. The minimum Gasteiger partial charge on any atom is -0.756 e. The molecule has 1 N–H and O–H groups in total. The Labute approximate surface area is 539 Å².